The Balaban J connectivity index is 2.03. The highest BCUT2D eigenvalue weighted by molar-refractivity contribution is 5.91. The van der Waals surface area contributed by atoms with E-state index in [-0.39, 0.29) is 11.1 Å². The Morgan fingerprint density at radius 2 is 1.30 bits per heavy atom. The molecule has 0 radical (unpaired) electrons. The van der Waals surface area contributed by atoms with Crippen molar-refractivity contribution in [3.63, 3.8) is 0 Å². The lowest BCUT2D eigenvalue weighted by Crippen LogP contribution is -2.10. The van der Waals surface area contributed by atoms with Crippen LogP contribution in [0.25, 0.3) is 0 Å². The van der Waals surface area contributed by atoms with Gasteiger partial charge in [0.25, 0.3) is 0 Å². The smallest absolute Gasteiger partial charge is 0.335 e. The molecule has 5 nitrogen and oxygen atoms in total. The summed E-state index contributed by atoms with van der Waals surface area (Å²) in [6.07, 6.45) is 0.514. The molecule has 2 aromatic carbocycles. The molecule has 0 amide bonds. The van der Waals surface area contributed by atoms with Crippen LogP contribution in [0.5, 0.6) is 0 Å². The molecule has 0 bridgehead atoms. The van der Waals surface area contributed by atoms with Crippen molar-refractivity contribution in [3.8, 4) is 0 Å². The molecule has 1 heterocycles. The predicted molar refractivity (Wildman–Crippen MR) is 72.9 cm³/mol. The van der Waals surface area contributed by atoms with Crippen LogP contribution in [-0.2, 0) is 6.42 Å². The zero-order chi connectivity index (χ0) is 14.3. The first-order valence-corrected chi connectivity index (χ1v) is 6.04. The average molecular weight is 269 g/mol. The molecule has 3 rings (SSSR count). The van der Waals surface area contributed by atoms with E-state index in [2.05, 4.69) is 5.32 Å². The molecule has 0 fully saturated rings. The molecule has 0 aromatic heterocycles. The number of aromatic carboxylic acids is 2. The number of rotatable bonds is 2. The van der Waals surface area contributed by atoms with Gasteiger partial charge in [-0.2, -0.15) is 0 Å². The molecule has 0 unspecified atom stereocenters. The van der Waals surface area contributed by atoms with E-state index in [1.54, 1.807) is 36.4 Å². The molecular formula is C15H11NO4. The Labute approximate surface area is 114 Å². The standard InChI is InChI=1S/C15H11NO4/c17-14(18)8-1-3-12-10(5-8)7-11-6-9(15(19)20)2-4-13(11)16-12/h1-6,16H,7H2,(H,17,18)(H,19,20). The van der Waals surface area contributed by atoms with E-state index in [1.807, 2.05) is 0 Å². The topological polar surface area (TPSA) is 86.6 Å². The van der Waals surface area contributed by atoms with Crippen LogP contribution in [0.3, 0.4) is 0 Å². The fraction of sp³-hybridized carbons (Fsp3) is 0.0667. The molecule has 0 saturated carbocycles. The van der Waals surface area contributed by atoms with Crippen LogP contribution in [0.2, 0.25) is 0 Å². The van der Waals surface area contributed by atoms with Gasteiger partial charge in [0.1, 0.15) is 0 Å². The Bertz CT molecular complexity index is 675. The van der Waals surface area contributed by atoms with E-state index >= 15 is 0 Å². The second-order valence-electron chi connectivity index (χ2n) is 4.66. The van der Waals surface area contributed by atoms with E-state index in [4.69, 9.17) is 10.2 Å². The number of carboxylic acids is 2. The minimum absolute atomic E-state index is 0.225. The van der Waals surface area contributed by atoms with E-state index in [0.717, 1.165) is 22.5 Å². The van der Waals surface area contributed by atoms with Gasteiger partial charge >= 0.3 is 11.9 Å². The lowest BCUT2D eigenvalue weighted by atomic mass is 9.94. The first-order chi connectivity index (χ1) is 9.54. The number of fused-ring (bicyclic) bond motifs is 2. The molecule has 0 aliphatic carbocycles. The summed E-state index contributed by atoms with van der Waals surface area (Å²) in [6.45, 7) is 0. The van der Waals surface area contributed by atoms with Crippen LogP contribution < -0.4 is 5.32 Å². The number of nitrogens with one attached hydrogen (secondary N) is 1. The van der Waals surface area contributed by atoms with Crippen LogP contribution in [0.1, 0.15) is 31.8 Å². The van der Waals surface area contributed by atoms with Gasteiger partial charge < -0.3 is 15.5 Å². The number of benzene rings is 2. The second-order valence-corrected chi connectivity index (χ2v) is 4.66. The van der Waals surface area contributed by atoms with Crippen molar-refractivity contribution in [1.82, 2.24) is 0 Å². The average Bonchev–Trinajstić information content (AvgIpc) is 2.43. The molecule has 0 saturated heterocycles. The van der Waals surface area contributed by atoms with Gasteiger partial charge in [-0.25, -0.2) is 9.59 Å². The van der Waals surface area contributed by atoms with Gasteiger partial charge in [-0.3, -0.25) is 0 Å². The molecule has 100 valence electrons. The first kappa shape index (κ1) is 12.2. The van der Waals surface area contributed by atoms with Gasteiger partial charge in [0.2, 0.25) is 0 Å². The lowest BCUT2D eigenvalue weighted by Gasteiger charge is -2.22. The fourth-order valence-electron chi connectivity index (χ4n) is 2.34. The molecule has 20 heavy (non-hydrogen) atoms. The van der Waals surface area contributed by atoms with Crippen molar-refractivity contribution in [2.75, 3.05) is 5.32 Å². The molecule has 1 aliphatic heterocycles. The number of hydrogen-bond donors (Lipinski definition) is 3. The second kappa shape index (κ2) is 4.38. The summed E-state index contributed by atoms with van der Waals surface area (Å²) in [5, 5.41) is 21.2. The molecule has 5 heteroatoms. The minimum Gasteiger partial charge on any atom is -0.478 e. The zero-order valence-electron chi connectivity index (χ0n) is 10.4. The van der Waals surface area contributed by atoms with Gasteiger partial charge in [-0.05, 0) is 47.5 Å². The third-order valence-electron chi connectivity index (χ3n) is 3.35. The summed E-state index contributed by atoms with van der Waals surface area (Å²) < 4.78 is 0. The van der Waals surface area contributed by atoms with Crippen LogP contribution in [0.4, 0.5) is 11.4 Å². The van der Waals surface area contributed by atoms with Crippen LogP contribution in [0.15, 0.2) is 36.4 Å². The number of hydrogen-bond acceptors (Lipinski definition) is 3. The maximum absolute atomic E-state index is 11.0. The van der Waals surface area contributed by atoms with Crippen molar-refractivity contribution in [2.24, 2.45) is 0 Å². The highest BCUT2D eigenvalue weighted by Gasteiger charge is 2.18. The van der Waals surface area contributed by atoms with Gasteiger partial charge in [-0.1, -0.05) is 0 Å². The van der Waals surface area contributed by atoms with E-state index in [1.165, 1.54) is 0 Å². The maximum atomic E-state index is 11.0. The third kappa shape index (κ3) is 1.99. The molecular weight excluding hydrogens is 258 g/mol. The van der Waals surface area contributed by atoms with Crippen LogP contribution >= 0.6 is 0 Å². The molecule has 1 aliphatic rings. The summed E-state index contributed by atoms with van der Waals surface area (Å²) >= 11 is 0. The van der Waals surface area contributed by atoms with Gasteiger partial charge in [0, 0.05) is 17.8 Å². The van der Waals surface area contributed by atoms with Gasteiger partial charge in [-0.15, -0.1) is 0 Å². The van der Waals surface area contributed by atoms with Crippen molar-refractivity contribution >= 4 is 23.3 Å². The Morgan fingerprint density at radius 3 is 1.70 bits per heavy atom. The highest BCUT2D eigenvalue weighted by atomic mass is 16.4. The number of carboxylic acid groups (broad SMARTS) is 2. The third-order valence-corrected chi connectivity index (χ3v) is 3.35. The SMILES string of the molecule is O=C(O)c1ccc2c(c1)Cc1cc(C(=O)O)ccc1N2. The Morgan fingerprint density at radius 1 is 0.850 bits per heavy atom. The normalized spacial score (nSPS) is 12.0. The first-order valence-electron chi connectivity index (χ1n) is 6.04. The number of anilines is 2. The number of carbonyl (C=O) groups is 2. The zero-order valence-corrected chi connectivity index (χ0v) is 10.4. The molecule has 2 aromatic rings. The Hall–Kier alpha value is -2.82. The molecule has 0 spiro atoms. The van der Waals surface area contributed by atoms with Crippen LogP contribution in [0, 0.1) is 0 Å². The Kier molecular flexibility index (Phi) is 2.68. The van der Waals surface area contributed by atoms with Crippen molar-refractivity contribution < 1.29 is 19.8 Å². The summed E-state index contributed by atoms with van der Waals surface area (Å²) in [6, 6.07) is 9.78. The van der Waals surface area contributed by atoms with Crippen molar-refractivity contribution in [1.29, 1.82) is 0 Å². The van der Waals surface area contributed by atoms with E-state index in [9.17, 15) is 9.59 Å². The fourth-order valence-corrected chi connectivity index (χ4v) is 2.34. The molecule has 3 N–H and O–H groups in total. The monoisotopic (exact) mass is 269 g/mol. The summed E-state index contributed by atoms with van der Waals surface area (Å²) in [5.41, 5.74) is 3.85. The summed E-state index contributed by atoms with van der Waals surface area (Å²) in [4.78, 5) is 22.0. The van der Waals surface area contributed by atoms with Gasteiger partial charge in [0.05, 0.1) is 11.1 Å². The summed E-state index contributed by atoms with van der Waals surface area (Å²) in [5.74, 6) is -1.95. The maximum Gasteiger partial charge on any atom is 0.335 e. The highest BCUT2D eigenvalue weighted by Crippen LogP contribution is 2.33. The quantitative estimate of drug-likeness (QED) is 0.666. The van der Waals surface area contributed by atoms with Gasteiger partial charge in [0.15, 0.2) is 0 Å². The predicted octanol–water partition coefficient (Wildman–Crippen LogP) is 2.73. The van der Waals surface area contributed by atoms with E-state index < -0.39 is 11.9 Å². The van der Waals surface area contributed by atoms with Crippen LogP contribution in [-0.4, -0.2) is 22.2 Å². The van der Waals surface area contributed by atoms with E-state index in [0.29, 0.717) is 6.42 Å². The summed E-state index contributed by atoms with van der Waals surface area (Å²) in [7, 11) is 0. The minimum atomic E-state index is -0.974. The van der Waals surface area contributed by atoms with Crippen molar-refractivity contribution in [3.05, 3.63) is 58.7 Å². The molecule has 0 atom stereocenters. The van der Waals surface area contributed by atoms with Crippen molar-refractivity contribution in [2.45, 2.75) is 6.42 Å². The largest absolute Gasteiger partial charge is 0.478 e. The lowest BCUT2D eigenvalue weighted by molar-refractivity contribution is 0.0686.